The lowest BCUT2D eigenvalue weighted by atomic mass is 10.5. The summed E-state index contributed by atoms with van der Waals surface area (Å²) < 4.78 is 50.7. The maximum Gasteiger partial charge on any atom is 0.335 e. The van der Waals surface area contributed by atoms with E-state index < -0.39 is 26.9 Å². The zero-order valence-electron chi connectivity index (χ0n) is 7.77. The molecule has 84 valence electrons. The van der Waals surface area contributed by atoms with E-state index in [0.717, 1.165) is 0 Å². The topological polar surface area (TPSA) is 73.1 Å². The van der Waals surface area contributed by atoms with Crippen LogP contribution in [0, 0.1) is 6.92 Å². The van der Waals surface area contributed by atoms with Gasteiger partial charge in [-0.2, -0.15) is 8.78 Å². The van der Waals surface area contributed by atoms with Crippen LogP contribution in [0.15, 0.2) is 21.8 Å². The number of allylic oxidation sites excluding steroid dienone is 1. The second kappa shape index (κ2) is 4.47. The van der Waals surface area contributed by atoms with Crippen LogP contribution in [0.1, 0.15) is 12.3 Å². The van der Waals surface area contributed by atoms with Gasteiger partial charge in [-0.15, -0.1) is 5.10 Å². The number of halogens is 2. The Kier molecular flexibility index (Phi) is 3.51. The first kappa shape index (κ1) is 11.8. The number of rotatable bonds is 4. The van der Waals surface area contributed by atoms with Gasteiger partial charge in [0.15, 0.2) is 0 Å². The lowest BCUT2D eigenvalue weighted by molar-refractivity contribution is 0.408. The summed E-state index contributed by atoms with van der Waals surface area (Å²) in [5.41, 5.74) is 0. The van der Waals surface area contributed by atoms with Crippen molar-refractivity contribution in [2.24, 2.45) is 0 Å². The van der Waals surface area contributed by atoms with Gasteiger partial charge in [-0.1, -0.05) is 5.10 Å². The molecule has 0 spiro atoms. The number of hydrogen-bond donors (Lipinski definition) is 0. The highest BCUT2D eigenvalue weighted by Gasteiger charge is 2.20. The van der Waals surface area contributed by atoms with Crippen LogP contribution in [-0.2, 0) is 9.84 Å². The molecule has 1 heterocycles. The van der Waals surface area contributed by atoms with Crippen molar-refractivity contribution in [2.75, 3.05) is 5.75 Å². The van der Waals surface area contributed by atoms with Crippen LogP contribution >= 0.6 is 0 Å². The van der Waals surface area contributed by atoms with Gasteiger partial charge in [0.2, 0.25) is 15.7 Å². The first-order chi connectivity index (χ1) is 6.92. The van der Waals surface area contributed by atoms with Gasteiger partial charge in [0.05, 0.1) is 5.75 Å². The van der Waals surface area contributed by atoms with E-state index in [1.807, 2.05) is 0 Å². The van der Waals surface area contributed by atoms with E-state index in [2.05, 4.69) is 14.6 Å². The molecule has 0 radical (unpaired) electrons. The second-order valence-corrected chi connectivity index (χ2v) is 4.68. The maximum absolute atomic E-state index is 11.6. The van der Waals surface area contributed by atoms with Gasteiger partial charge in [0.25, 0.3) is 6.08 Å². The molecule has 15 heavy (non-hydrogen) atoms. The molecule has 1 rings (SSSR count). The van der Waals surface area contributed by atoms with Gasteiger partial charge in [0.1, 0.15) is 0 Å². The molecule has 8 heteroatoms. The highest BCUT2D eigenvalue weighted by molar-refractivity contribution is 7.91. The van der Waals surface area contributed by atoms with Crippen molar-refractivity contribution in [3.63, 3.8) is 0 Å². The maximum atomic E-state index is 11.6. The minimum Gasteiger partial charge on any atom is -0.413 e. The van der Waals surface area contributed by atoms with Crippen molar-refractivity contribution < 1.29 is 21.6 Å². The Balaban J connectivity index is 2.73. The van der Waals surface area contributed by atoms with Crippen molar-refractivity contribution in [2.45, 2.75) is 18.6 Å². The minimum atomic E-state index is -3.75. The highest BCUT2D eigenvalue weighted by atomic mass is 32.2. The molecule has 1 aromatic heterocycles. The van der Waals surface area contributed by atoms with Crippen LogP contribution in [-0.4, -0.2) is 24.4 Å². The Morgan fingerprint density at radius 3 is 2.60 bits per heavy atom. The monoisotopic (exact) mass is 238 g/mol. The zero-order valence-corrected chi connectivity index (χ0v) is 8.59. The van der Waals surface area contributed by atoms with Gasteiger partial charge in [-0.25, -0.2) is 8.42 Å². The third kappa shape index (κ3) is 3.39. The molecular weight excluding hydrogens is 230 g/mol. The van der Waals surface area contributed by atoms with E-state index in [0.29, 0.717) is 6.08 Å². The van der Waals surface area contributed by atoms with Gasteiger partial charge in [0, 0.05) is 6.92 Å². The van der Waals surface area contributed by atoms with E-state index in [9.17, 15) is 17.2 Å². The largest absolute Gasteiger partial charge is 0.413 e. The number of sulfone groups is 1. The van der Waals surface area contributed by atoms with Crippen LogP contribution in [0.2, 0.25) is 0 Å². The summed E-state index contributed by atoms with van der Waals surface area (Å²) in [7, 11) is -3.75. The van der Waals surface area contributed by atoms with E-state index in [1.165, 1.54) is 6.92 Å². The molecule has 5 nitrogen and oxygen atoms in total. The smallest absolute Gasteiger partial charge is 0.335 e. The normalized spacial score (nSPS) is 11.4. The van der Waals surface area contributed by atoms with Crippen LogP contribution in [0.3, 0.4) is 0 Å². The van der Waals surface area contributed by atoms with Crippen molar-refractivity contribution in [3.05, 3.63) is 18.0 Å². The summed E-state index contributed by atoms with van der Waals surface area (Å²) in [5.74, 6) is -0.368. The predicted molar refractivity (Wildman–Crippen MR) is 46.0 cm³/mol. The molecule has 0 aromatic carbocycles. The molecule has 0 saturated heterocycles. The van der Waals surface area contributed by atoms with Crippen molar-refractivity contribution in [1.29, 1.82) is 0 Å². The highest BCUT2D eigenvalue weighted by Crippen LogP contribution is 2.11. The quantitative estimate of drug-likeness (QED) is 0.791. The molecule has 0 N–H and O–H groups in total. The van der Waals surface area contributed by atoms with Crippen molar-refractivity contribution in [1.82, 2.24) is 10.2 Å². The number of nitrogens with zero attached hydrogens (tertiary/aromatic N) is 2. The molecule has 0 aliphatic heterocycles. The first-order valence-corrected chi connectivity index (χ1v) is 5.61. The molecule has 0 fully saturated rings. The molecule has 0 amide bonds. The van der Waals surface area contributed by atoms with Crippen LogP contribution in [0.25, 0.3) is 0 Å². The molecule has 0 aliphatic carbocycles. The number of aryl methyl sites for hydroxylation is 1. The Hall–Kier alpha value is -1.31. The standard InChI is InChI=1S/C7H8F2N2O3S/c1-5-10-11-7(14-5)15(12,13)4-2-3-6(8)9/h3H,2,4H2,1H3. The van der Waals surface area contributed by atoms with Crippen LogP contribution < -0.4 is 0 Å². The Bertz CT molecular complexity index is 462. The molecule has 0 bridgehead atoms. The summed E-state index contributed by atoms with van der Waals surface area (Å²) in [5, 5.41) is 6.10. The third-order valence-corrected chi connectivity index (χ3v) is 2.93. The summed E-state index contributed by atoms with van der Waals surface area (Å²) in [6.07, 6.45) is -1.67. The summed E-state index contributed by atoms with van der Waals surface area (Å²) in [6, 6.07) is 0. The molecule has 1 aromatic rings. The van der Waals surface area contributed by atoms with E-state index in [4.69, 9.17) is 0 Å². The average Bonchev–Trinajstić information content (AvgIpc) is 2.51. The van der Waals surface area contributed by atoms with Gasteiger partial charge in [-0.05, 0) is 12.5 Å². The number of hydrogen-bond acceptors (Lipinski definition) is 5. The fourth-order valence-corrected chi connectivity index (χ4v) is 1.83. The number of aromatic nitrogens is 2. The second-order valence-electron chi connectivity index (χ2n) is 2.69. The van der Waals surface area contributed by atoms with E-state index in [-0.39, 0.29) is 12.3 Å². The Labute approximate surface area is 84.7 Å². The van der Waals surface area contributed by atoms with Gasteiger partial charge in [-0.3, -0.25) is 0 Å². The fourth-order valence-electron chi connectivity index (χ4n) is 0.815. The van der Waals surface area contributed by atoms with Gasteiger partial charge >= 0.3 is 5.22 Å². The van der Waals surface area contributed by atoms with Crippen molar-refractivity contribution in [3.8, 4) is 0 Å². The SMILES string of the molecule is Cc1nnc(S(=O)(=O)CCC=C(F)F)o1. The Morgan fingerprint density at radius 1 is 1.47 bits per heavy atom. The molecule has 0 unspecified atom stereocenters. The lowest BCUT2D eigenvalue weighted by Crippen LogP contribution is -2.06. The van der Waals surface area contributed by atoms with E-state index >= 15 is 0 Å². The predicted octanol–water partition coefficient (Wildman–Crippen LogP) is 1.32. The van der Waals surface area contributed by atoms with Gasteiger partial charge < -0.3 is 4.42 Å². The summed E-state index contributed by atoms with van der Waals surface area (Å²) in [6.45, 7) is 1.44. The van der Waals surface area contributed by atoms with Crippen LogP contribution in [0.4, 0.5) is 8.78 Å². The molecular formula is C7H8F2N2O3S. The van der Waals surface area contributed by atoms with E-state index in [1.54, 1.807) is 0 Å². The van der Waals surface area contributed by atoms with Crippen molar-refractivity contribution >= 4 is 9.84 Å². The third-order valence-electron chi connectivity index (χ3n) is 1.46. The first-order valence-electron chi connectivity index (χ1n) is 3.96. The summed E-state index contributed by atoms with van der Waals surface area (Å²) in [4.78, 5) is 0. The lowest BCUT2D eigenvalue weighted by Gasteiger charge is -1.94. The molecule has 0 saturated carbocycles. The fraction of sp³-hybridized carbons (Fsp3) is 0.429. The minimum absolute atomic E-state index is 0.112. The zero-order chi connectivity index (χ0) is 11.5. The van der Waals surface area contributed by atoms with Crippen LogP contribution in [0.5, 0.6) is 0 Å². The average molecular weight is 238 g/mol. The molecule has 0 aliphatic rings. The molecule has 0 atom stereocenters. The summed E-state index contributed by atoms with van der Waals surface area (Å²) >= 11 is 0. The Morgan fingerprint density at radius 2 is 2.13 bits per heavy atom.